The summed E-state index contributed by atoms with van der Waals surface area (Å²) < 4.78 is 27.8. The second-order valence-corrected chi connectivity index (χ2v) is 9.79. The Labute approximate surface area is 230 Å². The van der Waals surface area contributed by atoms with Crippen LogP contribution in [0, 0.1) is 0 Å². The predicted octanol–water partition coefficient (Wildman–Crippen LogP) is -1.05. The van der Waals surface area contributed by atoms with Crippen molar-refractivity contribution in [1.29, 1.82) is 0 Å². The van der Waals surface area contributed by atoms with E-state index in [-0.39, 0.29) is 16.9 Å². The third-order valence-corrected chi connectivity index (χ3v) is 6.91. The van der Waals surface area contributed by atoms with Gasteiger partial charge in [0.15, 0.2) is 23.5 Å². The average molecular weight is 580 g/mol. The summed E-state index contributed by atoms with van der Waals surface area (Å²) in [6.07, 6.45) is -14.0. The largest absolute Gasteiger partial charge is 0.508 e. The topological polar surface area (TPSA) is 249 Å². The van der Waals surface area contributed by atoms with Crippen molar-refractivity contribution in [1.82, 2.24) is 0 Å². The Morgan fingerprint density at radius 3 is 2.27 bits per heavy atom. The lowest BCUT2D eigenvalue weighted by Gasteiger charge is -2.43. The van der Waals surface area contributed by atoms with Gasteiger partial charge in [-0.25, -0.2) is 0 Å². The maximum absolute atomic E-state index is 13.5. The van der Waals surface area contributed by atoms with Crippen molar-refractivity contribution in [3.8, 4) is 40.1 Å². The van der Waals surface area contributed by atoms with Crippen LogP contribution in [-0.2, 0) is 14.2 Å². The molecule has 3 heterocycles. The second kappa shape index (κ2) is 11.0. The third kappa shape index (κ3) is 5.25. The SMILES string of the molecule is C[C@H]1O[C@H](O[C@@H]2[C@@H](O)[C@H](Oc3c(-c4ccc(O)c(O)c4)oc4cc(O)cc(O)c4c3=O)OC[C@@H]2O)[C@@H](O)[C@@H](O)[C@@H]1O. The quantitative estimate of drug-likeness (QED) is 0.163. The van der Waals surface area contributed by atoms with E-state index in [4.69, 9.17) is 23.4 Å². The van der Waals surface area contributed by atoms with Gasteiger partial charge in [-0.15, -0.1) is 0 Å². The molecule has 0 radical (unpaired) electrons. The van der Waals surface area contributed by atoms with E-state index < -0.39 is 101 Å². The third-order valence-electron chi connectivity index (χ3n) is 6.91. The number of benzene rings is 2. The molecule has 15 heteroatoms. The van der Waals surface area contributed by atoms with Crippen molar-refractivity contribution >= 4 is 11.0 Å². The normalized spacial score (nSPS) is 32.2. The van der Waals surface area contributed by atoms with Gasteiger partial charge in [0.2, 0.25) is 17.5 Å². The molecule has 0 spiro atoms. The highest BCUT2D eigenvalue weighted by Crippen LogP contribution is 2.39. The van der Waals surface area contributed by atoms with Crippen molar-refractivity contribution in [2.45, 2.75) is 62.2 Å². The lowest BCUT2D eigenvalue weighted by atomic mass is 9.99. The number of aliphatic hydroxyl groups excluding tert-OH is 5. The summed E-state index contributed by atoms with van der Waals surface area (Å²) in [7, 11) is 0. The Morgan fingerprint density at radius 1 is 0.829 bits per heavy atom. The summed E-state index contributed by atoms with van der Waals surface area (Å²) in [5.74, 6) is -3.10. The number of aromatic hydroxyl groups is 4. The average Bonchev–Trinajstić information content (AvgIpc) is 2.92. The van der Waals surface area contributed by atoms with Crippen LogP contribution in [0.15, 0.2) is 39.5 Å². The van der Waals surface area contributed by atoms with Gasteiger partial charge in [-0.2, -0.15) is 0 Å². The number of aliphatic hydroxyl groups is 5. The molecule has 0 amide bonds. The van der Waals surface area contributed by atoms with E-state index in [9.17, 15) is 50.8 Å². The lowest BCUT2D eigenvalue weighted by molar-refractivity contribution is -0.338. The molecule has 0 bridgehead atoms. The van der Waals surface area contributed by atoms with Crippen molar-refractivity contribution in [2.24, 2.45) is 0 Å². The van der Waals surface area contributed by atoms with E-state index in [1.165, 1.54) is 13.0 Å². The molecule has 0 saturated carbocycles. The molecule has 2 aromatic carbocycles. The zero-order chi connectivity index (χ0) is 29.7. The molecule has 5 rings (SSSR count). The predicted molar refractivity (Wildman–Crippen MR) is 134 cm³/mol. The monoisotopic (exact) mass is 580 g/mol. The molecule has 3 aromatic rings. The number of phenols is 4. The van der Waals surface area contributed by atoms with Crippen LogP contribution >= 0.6 is 0 Å². The van der Waals surface area contributed by atoms with E-state index in [2.05, 4.69) is 0 Å². The maximum Gasteiger partial charge on any atom is 0.239 e. The van der Waals surface area contributed by atoms with E-state index >= 15 is 0 Å². The summed E-state index contributed by atoms with van der Waals surface area (Å²) in [6, 6.07) is 5.37. The molecule has 2 fully saturated rings. The fourth-order valence-electron chi connectivity index (χ4n) is 4.67. The van der Waals surface area contributed by atoms with Crippen molar-refractivity contribution in [3.63, 3.8) is 0 Å². The van der Waals surface area contributed by atoms with Gasteiger partial charge in [-0.1, -0.05) is 0 Å². The summed E-state index contributed by atoms with van der Waals surface area (Å²) >= 11 is 0. The van der Waals surface area contributed by atoms with Gasteiger partial charge in [-0.05, 0) is 25.1 Å². The van der Waals surface area contributed by atoms with E-state index in [1.807, 2.05) is 0 Å². The molecule has 2 aliphatic heterocycles. The Morgan fingerprint density at radius 2 is 1.56 bits per heavy atom. The van der Waals surface area contributed by atoms with Crippen LogP contribution in [-0.4, -0.2) is 108 Å². The number of hydrogen-bond acceptors (Lipinski definition) is 15. The molecular formula is C26H28O15. The van der Waals surface area contributed by atoms with Crippen LogP contribution in [0.1, 0.15) is 6.92 Å². The molecule has 1 aromatic heterocycles. The minimum atomic E-state index is -1.85. The van der Waals surface area contributed by atoms with Crippen LogP contribution in [0.4, 0.5) is 0 Å². The van der Waals surface area contributed by atoms with Gasteiger partial charge in [0.25, 0.3) is 0 Å². The van der Waals surface area contributed by atoms with E-state index in [0.717, 1.165) is 24.3 Å². The molecule has 9 N–H and O–H groups in total. The summed E-state index contributed by atoms with van der Waals surface area (Å²) in [5, 5.41) is 91.4. The summed E-state index contributed by atoms with van der Waals surface area (Å²) in [5.41, 5.74) is -1.22. The first-order valence-electron chi connectivity index (χ1n) is 12.4. The van der Waals surface area contributed by atoms with Gasteiger partial charge >= 0.3 is 0 Å². The standard InChI is InChI=1S/C26H28O15/c1-8-17(32)19(34)20(35)26(38-8)40-23-14(31)7-37-25(21(23)36)41-24-18(33)16-13(30)5-10(27)6-15(16)39-22(24)9-2-3-11(28)12(29)4-9/h2-6,8,14,17,19-21,23,25-32,34-36H,7H2,1H3/t8-,14+,17-,19+,20+,21-,23+,25+,26-/m1/s1. The van der Waals surface area contributed by atoms with Crippen molar-refractivity contribution in [3.05, 3.63) is 40.6 Å². The number of rotatable bonds is 5. The van der Waals surface area contributed by atoms with Gasteiger partial charge in [0.1, 0.15) is 59.1 Å². The Kier molecular flexibility index (Phi) is 7.71. The molecule has 15 nitrogen and oxygen atoms in total. The van der Waals surface area contributed by atoms with Crippen molar-refractivity contribution in [2.75, 3.05) is 6.61 Å². The Bertz CT molecular complexity index is 1490. The Balaban J connectivity index is 1.51. The highest BCUT2D eigenvalue weighted by atomic mass is 16.7. The van der Waals surface area contributed by atoms with Crippen molar-refractivity contribution < 1.29 is 69.3 Å². The lowest BCUT2D eigenvalue weighted by Crippen LogP contribution is -2.62. The van der Waals surface area contributed by atoms with E-state index in [1.54, 1.807) is 0 Å². The van der Waals surface area contributed by atoms with Gasteiger partial charge < -0.3 is 69.3 Å². The highest BCUT2D eigenvalue weighted by molar-refractivity contribution is 5.88. The van der Waals surface area contributed by atoms with Crippen LogP contribution in [0.5, 0.6) is 28.7 Å². The summed E-state index contributed by atoms with van der Waals surface area (Å²) in [4.78, 5) is 13.5. The van der Waals surface area contributed by atoms with Crippen LogP contribution < -0.4 is 10.2 Å². The number of fused-ring (bicyclic) bond motifs is 1. The van der Waals surface area contributed by atoms with Crippen LogP contribution in [0.2, 0.25) is 0 Å². The number of phenolic OH excluding ortho intramolecular Hbond substituents is 4. The first-order chi connectivity index (χ1) is 19.4. The van der Waals surface area contributed by atoms with Crippen LogP contribution in [0.25, 0.3) is 22.3 Å². The number of ether oxygens (including phenoxy) is 4. The maximum atomic E-state index is 13.5. The molecule has 2 aliphatic rings. The van der Waals surface area contributed by atoms with Gasteiger partial charge in [-0.3, -0.25) is 4.79 Å². The minimum absolute atomic E-state index is 0.00975. The first kappa shape index (κ1) is 28.8. The molecule has 222 valence electrons. The fraction of sp³-hybridized carbons (Fsp3) is 0.423. The Hall–Kier alpha value is -3.67. The van der Waals surface area contributed by atoms with E-state index in [0.29, 0.717) is 0 Å². The zero-order valence-electron chi connectivity index (χ0n) is 21.3. The number of hydrogen-bond donors (Lipinski definition) is 9. The molecule has 9 atom stereocenters. The van der Waals surface area contributed by atoms with Gasteiger partial charge in [0.05, 0.1) is 12.7 Å². The zero-order valence-corrected chi connectivity index (χ0v) is 21.3. The minimum Gasteiger partial charge on any atom is -0.508 e. The fourth-order valence-corrected chi connectivity index (χ4v) is 4.67. The summed E-state index contributed by atoms with van der Waals surface area (Å²) in [6.45, 7) is 0.916. The first-order valence-corrected chi connectivity index (χ1v) is 12.4. The molecular weight excluding hydrogens is 552 g/mol. The molecule has 0 aliphatic carbocycles. The smallest absolute Gasteiger partial charge is 0.239 e. The second-order valence-electron chi connectivity index (χ2n) is 9.79. The molecule has 41 heavy (non-hydrogen) atoms. The molecule has 2 saturated heterocycles. The van der Waals surface area contributed by atoms with Crippen LogP contribution in [0.3, 0.4) is 0 Å². The highest BCUT2D eigenvalue weighted by Gasteiger charge is 2.48. The molecule has 0 unspecified atom stereocenters. The van der Waals surface area contributed by atoms with Gasteiger partial charge in [0, 0.05) is 17.7 Å².